The lowest BCUT2D eigenvalue weighted by Crippen LogP contribution is -2.40. The number of primary amides is 1. The first-order chi connectivity index (χ1) is 14.2. The summed E-state index contributed by atoms with van der Waals surface area (Å²) in [7, 11) is 1.46. The second-order valence-corrected chi connectivity index (χ2v) is 7.56. The van der Waals surface area contributed by atoms with Crippen LogP contribution in [0, 0.1) is 5.82 Å². The Morgan fingerprint density at radius 2 is 2.03 bits per heavy atom. The molecule has 0 spiro atoms. The van der Waals surface area contributed by atoms with E-state index in [9.17, 15) is 14.0 Å². The van der Waals surface area contributed by atoms with E-state index in [-0.39, 0.29) is 32.1 Å². The molecule has 0 aliphatic heterocycles. The van der Waals surface area contributed by atoms with E-state index in [1.165, 1.54) is 37.3 Å². The third-order valence-electron chi connectivity index (χ3n) is 4.24. The molecule has 0 bridgehead atoms. The number of carbonyl (C=O) groups is 2. The fraction of sp³-hybridized carbons (Fsp3) is 0.158. The minimum Gasteiger partial charge on any atom is -0.481 e. The number of thiazole rings is 1. The van der Waals surface area contributed by atoms with Gasteiger partial charge in [0.05, 0.1) is 12.1 Å². The third kappa shape index (κ3) is 4.19. The van der Waals surface area contributed by atoms with E-state index in [4.69, 9.17) is 27.8 Å². The van der Waals surface area contributed by atoms with Crippen LogP contribution in [0.15, 0.2) is 36.5 Å². The van der Waals surface area contributed by atoms with E-state index >= 15 is 0 Å². The second kappa shape index (κ2) is 8.64. The molecular weight excluding hydrogens is 433 g/mol. The fourth-order valence-electron chi connectivity index (χ4n) is 2.61. The lowest BCUT2D eigenvalue weighted by Gasteiger charge is -2.26. The number of rotatable bonds is 7. The highest BCUT2D eigenvalue weighted by atomic mass is 35.5. The van der Waals surface area contributed by atoms with Gasteiger partial charge in [0.15, 0.2) is 5.13 Å². The number of nitrogens with zero attached hydrogens (tertiary/aromatic N) is 3. The number of hydrogen-bond donors (Lipinski definition) is 2. The maximum atomic E-state index is 14.0. The van der Waals surface area contributed by atoms with Crippen LogP contribution in [0.4, 0.5) is 21.0 Å². The number of methoxy groups -OCH3 is 1. The molecule has 0 unspecified atom stereocenters. The van der Waals surface area contributed by atoms with E-state index in [0.29, 0.717) is 5.88 Å². The SMILES string of the molecule is COc1ccc(C(=O)c2sc(N(c3ccc(Cl)c(F)c3)[C@@H](C)C(N)=O)nc2N)cn1. The Bertz CT molecular complexity index is 1110. The Balaban J connectivity index is 2.04. The monoisotopic (exact) mass is 449 g/mol. The zero-order chi connectivity index (χ0) is 22.0. The molecule has 0 saturated heterocycles. The number of ether oxygens (including phenoxy) is 1. The molecule has 8 nitrogen and oxygen atoms in total. The van der Waals surface area contributed by atoms with Crippen molar-refractivity contribution in [2.24, 2.45) is 5.73 Å². The number of nitrogens with two attached hydrogens (primary N) is 2. The summed E-state index contributed by atoms with van der Waals surface area (Å²) in [6.45, 7) is 1.53. The Hall–Kier alpha value is -3.24. The van der Waals surface area contributed by atoms with Gasteiger partial charge in [-0.05, 0) is 31.2 Å². The number of ketones is 1. The van der Waals surface area contributed by atoms with Crippen molar-refractivity contribution in [2.75, 3.05) is 17.7 Å². The lowest BCUT2D eigenvalue weighted by atomic mass is 10.1. The van der Waals surface area contributed by atoms with E-state index in [1.807, 2.05) is 0 Å². The minimum atomic E-state index is -0.901. The number of halogens is 2. The number of nitrogen functional groups attached to an aromatic ring is 1. The first-order valence-corrected chi connectivity index (χ1v) is 9.77. The zero-order valence-corrected chi connectivity index (χ0v) is 17.5. The number of pyridine rings is 1. The highest BCUT2D eigenvalue weighted by Crippen LogP contribution is 2.36. The largest absolute Gasteiger partial charge is 0.481 e. The normalized spacial score (nSPS) is 11.7. The molecule has 4 N–H and O–H groups in total. The van der Waals surface area contributed by atoms with E-state index < -0.39 is 23.5 Å². The molecule has 0 radical (unpaired) electrons. The van der Waals surface area contributed by atoms with Crippen molar-refractivity contribution in [3.8, 4) is 5.88 Å². The Kier molecular flexibility index (Phi) is 6.18. The van der Waals surface area contributed by atoms with Gasteiger partial charge in [0.2, 0.25) is 17.6 Å². The van der Waals surface area contributed by atoms with Crippen LogP contribution < -0.4 is 21.1 Å². The van der Waals surface area contributed by atoms with Gasteiger partial charge in [-0.15, -0.1) is 0 Å². The molecule has 11 heteroatoms. The van der Waals surface area contributed by atoms with Crippen LogP contribution in [0.25, 0.3) is 0 Å². The Morgan fingerprint density at radius 3 is 2.60 bits per heavy atom. The number of amides is 1. The summed E-state index contributed by atoms with van der Waals surface area (Å²) in [6, 6.07) is 6.20. The number of carbonyl (C=O) groups excluding carboxylic acids is 2. The molecule has 156 valence electrons. The molecule has 0 aliphatic carbocycles. The summed E-state index contributed by atoms with van der Waals surface area (Å²) in [5, 5.41) is 0.122. The summed E-state index contributed by atoms with van der Waals surface area (Å²) in [5.41, 5.74) is 12.0. The molecule has 2 aromatic heterocycles. The number of aromatic nitrogens is 2. The first kappa shape index (κ1) is 21.5. The quantitative estimate of drug-likeness (QED) is 0.531. The molecular formula is C19H17ClFN5O3S. The predicted molar refractivity (Wildman–Crippen MR) is 113 cm³/mol. The molecule has 30 heavy (non-hydrogen) atoms. The summed E-state index contributed by atoms with van der Waals surface area (Å²) in [6.07, 6.45) is 1.36. The number of hydrogen-bond acceptors (Lipinski definition) is 8. The van der Waals surface area contributed by atoms with E-state index in [1.54, 1.807) is 12.1 Å². The van der Waals surface area contributed by atoms with Crippen LogP contribution in [-0.2, 0) is 4.79 Å². The van der Waals surface area contributed by atoms with Gasteiger partial charge in [-0.25, -0.2) is 14.4 Å². The van der Waals surface area contributed by atoms with Crippen LogP contribution in [0.5, 0.6) is 5.88 Å². The molecule has 1 aromatic carbocycles. The lowest BCUT2D eigenvalue weighted by molar-refractivity contribution is -0.118. The number of anilines is 3. The van der Waals surface area contributed by atoms with Gasteiger partial charge in [0, 0.05) is 23.5 Å². The van der Waals surface area contributed by atoms with Crippen LogP contribution in [0.1, 0.15) is 22.2 Å². The maximum absolute atomic E-state index is 14.0. The van der Waals surface area contributed by atoms with Crippen molar-refractivity contribution in [2.45, 2.75) is 13.0 Å². The van der Waals surface area contributed by atoms with Crippen molar-refractivity contribution >= 4 is 51.3 Å². The van der Waals surface area contributed by atoms with Crippen molar-refractivity contribution < 1.29 is 18.7 Å². The molecule has 0 fully saturated rings. The summed E-state index contributed by atoms with van der Waals surface area (Å²) >= 11 is 6.71. The second-order valence-electron chi connectivity index (χ2n) is 6.18. The van der Waals surface area contributed by atoms with Crippen LogP contribution in [-0.4, -0.2) is 34.8 Å². The highest BCUT2D eigenvalue weighted by Gasteiger charge is 2.28. The molecule has 2 heterocycles. The molecule has 3 rings (SSSR count). The van der Waals surface area contributed by atoms with Gasteiger partial charge in [-0.2, -0.15) is 0 Å². The van der Waals surface area contributed by atoms with Crippen molar-refractivity contribution in [3.63, 3.8) is 0 Å². The van der Waals surface area contributed by atoms with Gasteiger partial charge < -0.3 is 21.1 Å². The first-order valence-electron chi connectivity index (χ1n) is 8.57. The van der Waals surface area contributed by atoms with Crippen molar-refractivity contribution in [3.05, 3.63) is 57.8 Å². The fourth-order valence-corrected chi connectivity index (χ4v) is 3.78. The smallest absolute Gasteiger partial charge is 0.240 e. The van der Waals surface area contributed by atoms with Crippen LogP contribution in [0.2, 0.25) is 5.02 Å². The zero-order valence-electron chi connectivity index (χ0n) is 15.9. The summed E-state index contributed by atoms with van der Waals surface area (Å²) < 4.78 is 19.0. The molecule has 3 aromatic rings. The highest BCUT2D eigenvalue weighted by molar-refractivity contribution is 7.18. The summed E-state index contributed by atoms with van der Waals surface area (Å²) in [5.74, 6) is -1.43. The minimum absolute atomic E-state index is 0.0353. The van der Waals surface area contributed by atoms with Gasteiger partial charge in [-0.3, -0.25) is 9.59 Å². The van der Waals surface area contributed by atoms with Gasteiger partial charge in [0.25, 0.3) is 0 Å². The molecule has 1 atom stereocenters. The van der Waals surface area contributed by atoms with E-state index in [0.717, 1.165) is 17.4 Å². The van der Waals surface area contributed by atoms with Crippen molar-refractivity contribution in [1.29, 1.82) is 0 Å². The van der Waals surface area contributed by atoms with Gasteiger partial charge in [-0.1, -0.05) is 22.9 Å². The van der Waals surface area contributed by atoms with Crippen LogP contribution in [0.3, 0.4) is 0 Å². The third-order valence-corrected chi connectivity index (χ3v) is 5.62. The molecule has 0 aliphatic rings. The van der Waals surface area contributed by atoms with E-state index in [2.05, 4.69) is 9.97 Å². The topological polar surface area (TPSA) is 124 Å². The number of benzene rings is 1. The predicted octanol–water partition coefficient (Wildman–Crippen LogP) is 3.16. The van der Waals surface area contributed by atoms with Gasteiger partial charge in [0.1, 0.15) is 22.6 Å². The van der Waals surface area contributed by atoms with Gasteiger partial charge >= 0.3 is 0 Å². The molecule has 0 saturated carbocycles. The average Bonchev–Trinajstić information content (AvgIpc) is 3.11. The van der Waals surface area contributed by atoms with Crippen molar-refractivity contribution in [1.82, 2.24) is 9.97 Å². The average molecular weight is 450 g/mol. The van der Waals surface area contributed by atoms with Crippen LogP contribution >= 0.6 is 22.9 Å². The molecule has 1 amide bonds. The maximum Gasteiger partial charge on any atom is 0.240 e. The Labute approximate surface area is 180 Å². The summed E-state index contributed by atoms with van der Waals surface area (Å²) in [4.78, 5) is 34.5. The Morgan fingerprint density at radius 1 is 1.30 bits per heavy atom. The standard InChI is InChI=1S/C19H17ClFN5O3S/c1-9(18(23)28)26(11-4-5-12(20)13(21)7-11)19-25-17(22)16(30-19)15(27)10-3-6-14(29-2)24-8-10/h3-9H,22H2,1-2H3,(H2,23,28)/t9-/m0/s1.